The van der Waals surface area contributed by atoms with Crippen LogP contribution in [0.5, 0.6) is 11.5 Å². The number of amides is 1. The molecule has 5 nitrogen and oxygen atoms in total. The molecule has 0 saturated heterocycles. The number of carbonyl (C=O) groups excluding carboxylic acids is 1. The molecule has 4 fully saturated rings. The summed E-state index contributed by atoms with van der Waals surface area (Å²) >= 11 is 0. The normalized spacial score (nSPS) is 30.0. The number of rotatable bonds is 4. The summed E-state index contributed by atoms with van der Waals surface area (Å²) in [6.07, 6.45) is 9.42. The monoisotopic (exact) mass is 390 g/mol. The van der Waals surface area contributed by atoms with Gasteiger partial charge < -0.3 is 10.2 Å². The van der Waals surface area contributed by atoms with E-state index in [1.54, 1.807) is 18.2 Å². The molecule has 0 atom stereocenters. The van der Waals surface area contributed by atoms with Crippen LogP contribution in [0.15, 0.2) is 47.6 Å². The quantitative estimate of drug-likeness (QED) is 0.537. The number of nitrogens with zero attached hydrogens (tertiary/aromatic N) is 1. The maximum absolute atomic E-state index is 12.2. The van der Waals surface area contributed by atoms with Gasteiger partial charge in [-0.25, -0.2) is 5.43 Å². The zero-order valence-electron chi connectivity index (χ0n) is 16.3. The van der Waals surface area contributed by atoms with Crippen molar-refractivity contribution in [1.82, 2.24) is 5.43 Å². The maximum atomic E-state index is 12.2. The summed E-state index contributed by atoms with van der Waals surface area (Å²) in [5, 5.41) is 24.1. The van der Waals surface area contributed by atoms with Crippen LogP contribution in [0, 0.1) is 17.8 Å². The van der Waals surface area contributed by atoms with Gasteiger partial charge in [-0.3, -0.25) is 4.79 Å². The molecule has 4 bridgehead atoms. The second-order valence-corrected chi connectivity index (χ2v) is 9.19. The Morgan fingerprint density at radius 2 is 1.62 bits per heavy atom. The Morgan fingerprint density at radius 3 is 2.28 bits per heavy atom. The van der Waals surface area contributed by atoms with Crippen molar-refractivity contribution < 1.29 is 15.0 Å². The van der Waals surface area contributed by atoms with Gasteiger partial charge in [0, 0.05) is 5.56 Å². The van der Waals surface area contributed by atoms with E-state index in [1.165, 1.54) is 62.4 Å². The number of phenols is 2. The molecule has 0 unspecified atom stereocenters. The van der Waals surface area contributed by atoms with Crippen LogP contribution in [0.4, 0.5) is 0 Å². The van der Waals surface area contributed by atoms with Gasteiger partial charge in [-0.05, 0) is 91.5 Å². The topological polar surface area (TPSA) is 81.9 Å². The lowest BCUT2D eigenvalue weighted by molar-refractivity contribution is -0.00520. The molecule has 0 spiro atoms. The van der Waals surface area contributed by atoms with Crippen molar-refractivity contribution in [1.29, 1.82) is 0 Å². The van der Waals surface area contributed by atoms with Crippen molar-refractivity contribution in [3.05, 3.63) is 59.2 Å². The highest BCUT2D eigenvalue weighted by Crippen LogP contribution is 2.60. The molecule has 4 aliphatic carbocycles. The van der Waals surface area contributed by atoms with Gasteiger partial charge in [-0.15, -0.1) is 0 Å². The van der Waals surface area contributed by atoms with Gasteiger partial charge in [-0.2, -0.15) is 5.10 Å². The summed E-state index contributed by atoms with van der Waals surface area (Å²) in [7, 11) is 0. The Bertz CT molecular complexity index is 947. The van der Waals surface area contributed by atoms with Crippen LogP contribution >= 0.6 is 0 Å². The van der Waals surface area contributed by atoms with Crippen LogP contribution in [0.2, 0.25) is 0 Å². The van der Waals surface area contributed by atoms with Gasteiger partial charge in [0.05, 0.1) is 11.8 Å². The lowest BCUT2D eigenvalue weighted by Gasteiger charge is -2.57. The van der Waals surface area contributed by atoms with Crippen LogP contribution in [-0.2, 0) is 5.41 Å². The Hall–Kier alpha value is -2.82. The summed E-state index contributed by atoms with van der Waals surface area (Å²) in [6.45, 7) is 0. The van der Waals surface area contributed by atoms with E-state index in [4.69, 9.17) is 0 Å². The minimum absolute atomic E-state index is 0.0909. The van der Waals surface area contributed by atoms with Gasteiger partial charge >= 0.3 is 0 Å². The average molecular weight is 390 g/mol. The molecule has 0 heterocycles. The van der Waals surface area contributed by atoms with Crippen LogP contribution in [0.1, 0.15) is 60.0 Å². The van der Waals surface area contributed by atoms with Crippen molar-refractivity contribution in [3.8, 4) is 11.5 Å². The number of hydrazone groups is 1. The molecule has 3 N–H and O–H groups in total. The molecule has 6 rings (SSSR count). The molecule has 150 valence electrons. The minimum Gasteiger partial charge on any atom is -0.507 e. The van der Waals surface area contributed by atoms with E-state index in [0.717, 1.165) is 17.8 Å². The molecule has 0 aliphatic heterocycles. The molecule has 29 heavy (non-hydrogen) atoms. The van der Waals surface area contributed by atoms with Crippen molar-refractivity contribution >= 4 is 12.1 Å². The Labute approximate surface area is 170 Å². The van der Waals surface area contributed by atoms with Gasteiger partial charge in [0.25, 0.3) is 5.91 Å². The smallest absolute Gasteiger partial charge is 0.275 e. The van der Waals surface area contributed by atoms with Crippen LogP contribution in [0.25, 0.3) is 0 Å². The van der Waals surface area contributed by atoms with Crippen molar-refractivity contribution in [2.45, 2.75) is 43.9 Å². The molecule has 2 aromatic carbocycles. The predicted molar refractivity (Wildman–Crippen MR) is 111 cm³/mol. The Morgan fingerprint density at radius 1 is 0.966 bits per heavy atom. The van der Waals surface area contributed by atoms with Gasteiger partial charge in [-0.1, -0.05) is 18.2 Å². The highest BCUT2D eigenvalue weighted by Gasteiger charge is 2.51. The number of aromatic hydroxyl groups is 2. The SMILES string of the molecule is O=C(N/N=C\c1cc(C23CC4CC(CC(C4)C2)C3)ccc1O)c1ccccc1O. The fraction of sp³-hybridized carbons (Fsp3) is 0.417. The first-order chi connectivity index (χ1) is 14.0. The lowest BCUT2D eigenvalue weighted by Crippen LogP contribution is -2.48. The standard InChI is InChI=1S/C24H26N2O3/c27-21-6-5-19(24-11-15-7-16(12-24)9-17(8-15)13-24)10-18(21)14-25-26-23(29)20-3-1-2-4-22(20)28/h1-6,10,14-17,27-28H,7-9,11-13H2,(H,26,29)/b25-14-. The molecular formula is C24H26N2O3. The third kappa shape index (κ3) is 3.28. The lowest BCUT2D eigenvalue weighted by atomic mass is 9.48. The van der Waals surface area contributed by atoms with Gasteiger partial charge in [0.2, 0.25) is 0 Å². The summed E-state index contributed by atoms with van der Waals surface area (Å²) < 4.78 is 0. The molecular weight excluding hydrogens is 364 g/mol. The Kier molecular flexibility index (Phi) is 4.34. The van der Waals surface area contributed by atoms with E-state index in [2.05, 4.69) is 16.6 Å². The number of hydrogen-bond acceptors (Lipinski definition) is 4. The number of hydrogen-bond donors (Lipinski definition) is 3. The second-order valence-electron chi connectivity index (χ2n) is 9.19. The third-order valence-electron chi connectivity index (χ3n) is 7.20. The molecule has 0 radical (unpaired) electrons. The fourth-order valence-electron chi connectivity index (χ4n) is 6.34. The number of nitrogens with one attached hydrogen (secondary N) is 1. The summed E-state index contributed by atoms with van der Waals surface area (Å²) in [4.78, 5) is 12.2. The number of phenolic OH excluding ortho intramolecular Hbond substituents is 2. The van der Waals surface area contributed by atoms with Crippen molar-refractivity contribution in [2.75, 3.05) is 0 Å². The predicted octanol–water partition coefficient (Wildman–Crippen LogP) is 4.33. The highest BCUT2D eigenvalue weighted by atomic mass is 16.3. The van der Waals surface area contributed by atoms with E-state index in [0.29, 0.717) is 5.56 Å². The zero-order valence-corrected chi connectivity index (χ0v) is 16.3. The third-order valence-corrected chi connectivity index (χ3v) is 7.20. The molecule has 4 aliphatic rings. The summed E-state index contributed by atoms with van der Waals surface area (Å²) in [5.41, 5.74) is 4.73. The largest absolute Gasteiger partial charge is 0.507 e. The van der Waals surface area contributed by atoms with Crippen LogP contribution in [0.3, 0.4) is 0 Å². The van der Waals surface area contributed by atoms with E-state index in [1.807, 2.05) is 6.07 Å². The molecule has 2 aromatic rings. The molecule has 5 heteroatoms. The van der Waals surface area contributed by atoms with Crippen molar-refractivity contribution in [2.24, 2.45) is 22.9 Å². The number of carbonyl (C=O) groups is 1. The Balaban J connectivity index is 1.36. The minimum atomic E-state index is -0.490. The second kappa shape index (κ2) is 6.90. The van der Waals surface area contributed by atoms with Gasteiger partial charge in [0.15, 0.2) is 0 Å². The van der Waals surface area contributed by atoms with E-state index in [-0.39, 0.29) is 22.5 Å². The first kappa shape index (κ1) is 18.2. The van der Waals surface area contributed by atoms with Crippen molar-refractivity contribution in [3.63, 3.8) is 0 Å². The maximum Gasteiger partial charge on any atom is 0.275 e. The number of benzene rings is 2. The number of para-hydroxylation sites is 1. The summed E-state index contributed by atoms with van der Waals surface area (Å²) in [5.74, 6) is 2.13. The molecule has 4 saturated carbocycles. The van der Waals surface area contributed by atoms with Crippen LogP contribution < -0.4 is 5.43 Å². The first-order valence-electron chi connectivity index (χ1n) is 10.5. The van der Waals surface area contributed by atoms with Crippen LogP contribution in [-0.4, -0.2) is 22.3 Å². The highest BCUT2D eigenvalue weighted by molar-refractivity contribution is 5.97. The van der Waals surface area contributed by atoms with E-state index >= 15 is 0 Å². The summed E-state index contributed by atoms with van der Waals surface area (Å²) in [6, 6.07) is 12.2. The fourth-order valence-corrected chi connectivity index (χ4v) is 6.34. The molecule has 0 aromatic heterocycles. The van der Waals surface area contributed by atoms with E-state index < -0.39 is 5.91 Å². The average Bonchev–Trinajstić information content (AvgIpc) is 2.68. The zero-order chi connectivity index (χ0) is 20.0. The van der Waals surface area contributed by atoms with E-state index in [9.17, 15) is 15.0 Å². The van der Waals surface area contributed by atoms with Gasteiger partial charge in [0.1, 0.15) is 11.5 Å². The first-order valence-corrected chi connectivity index (χ1v) is 10.5. The molecule has 1 amide bonds.